The molecule has 2 heterocycles. The summed E-state index contributed by atoms with van der Waals surface area (Å²) in [6.07, 6.45) is 2.04. The van der Waals surface area contributed by atoms with Gasteiger partial charge in [0, 0.05) is 17.7 Å². The monoisotopic (exact) mass is 432 g/mol. The van der Waals surface area contributed by atoms with Crippen LogP contribution in [0.25, 0.3) is 11.8 Å². The number of halogens is 1. The van der Waals surface area contributed by atoms with Gasteiger partial charge in [-0.25, -0.2) is 9.59 Å². The first-order valence-corrected chi connectivity index (χ1v) is 8.87. The summed E-state index contributed by atoms with van der Waals surface area (Å²) >= 11 is 5.88. The van der Waals surface area contributed by atoms with Gasteiger partial charge in [-0.15, -0.1) is 15.0 Å². The van der Waals surface area contributed by atoms with Crippen LogP contribution in [-0.4, -0.2) is 65.3 Å². The number of nitrogens with one attached hydrogen (secondary N) is 1. The number of ether oxygens (including phenoxy) is 3. The SMILES string of the molecule is COC(=O)C1=NNC(C(=O)OC)=C(/C=C/c2nnn(-c3ccc(Cl)cc3)n2)C1OC. The number of carbonyl (C=O) groups is 2. The van der Waals surface area contributed by atoms with Crippen molar-refractivity contribution >= 4 is 35.3 Å². The molecule has 0 saturated heterocycles. The van der Waals surface area contributed by atoms with Crippen LogP contribution in [0, 0.1) is 0 Å². The third kappa shape index (κ3) is 4.36. The minimum atomic E-state index is -0.977. The number of methoxy groups -OCH3 is 3. The Labute approximate surface area is 175 Å². The van der Waals surface area contributed by atoms with Crippen LogP contribution in [0.2, 0.25) is 5.02 Å². The quantitative estimate of drug-likeness (QED) is 0.661. The van der Waals surface area contributed by atoms with Crippen molar-refractivity contribution in [3.05, 3.63) is 52.5 Å². The Balaban J connectivity index is 1.93. The zero-order valence-electron chi connectivity index (χ0n) is 16.2. The Hall–Kier alpha value is -3.57. The summed E-state index contributed by atoms with van der Waals surface area (Å²) in [5, 5.41) is 16.6. The van der Waals surface area contributed by atoms with E-state index in [1.807, 2.05) is 0 Å². The summed E-state index contributed by atoms with van der Waals surface area (Å²) in [6.45, 7) is 0. The van der Waals surface area contributed by atoms with Crippen molar-refractivity contribution < 1.29 is 23.8 Å². The third-order valence-electron chi connectivity index (χ3n) is 4.03. The molecule has 0 radical (unpaired) electrons. The summed E-state index contributed by atoms with van der Waals surface area (Å²) in [6, 6.07) is 6.88. The van der Waals surface area contributed by atoms with Crippen molar-refractivity contribution in [3.8, 4) is 5.69 Å². The summed E-state index contributed by atoms with van der Waals surface area (Å²) in [5.74, 6) is -1.16. The average Bonchev–Trinajstić information content (AvgIpc) is 3.25. The molecule has 1 unspecified atom stereocenters. The molecule has 11 nitrogen and oxygen atoms in total. The molecule has 0 bridgehead atoms. The van der Waals surface area contributed by atoms with Crippen molar-refractivity contribution in [2.75, 3.05) is 21.3 Å². The second-order valence-corrected chi connectivity index (χ2v) is 6.22. The molecule has 1 atom stereocenters. The Morgan fingerprint density at radius 1 is 1.10 bits per heavy atom. The van der Waals surface area contributed by atoms with Crippen molar-refractivity contribution in [1.29, 1.82) is 0 Å². The predicted octanol–water partition coefficient (Wildman–Crippen LogP) is 0.903. The number of esters is 2. The minimum absolute atomic E-state index is 0.00153. The summed E-state index contributed by atoms with van der Waals surface area (Å²) in [7, 11) is 3.80. The van der Waals surface area contributed by atoms with Gasteiger partial charge in [-0.1, -0.05) is 11.6 Å². The van der Waals surface area contributed by atoms with E-state index in [2.05, 4.69) is 25.9 Å². The van der Waals surface area contributed by atoms with E-state index in [1.54, 1.807) is 24.3 Å². The highest BCUT2D eigenvalue weighted by molar-refractivity contribution is 6.39. The number of hydrazone groups is 1. The van der Waals surface area contributed by atoms with Gasteiger partial charge in [-0.05, 0) is 41.6 Å². The number of rotatable bonds is 6. The van der Waals surface area contributed by atoms with Gasteiger partial charge in [0.25, 0.3) is 0 Å². The van der Waals surface area contributed by atoms with Crippen LogP contribution < -0.4 is 5.43 Å². The second kappa shape index (κ2) is 9.29. The molecular formula is C18H17ClN6O5. The molecule has 156 valence electrons. The van der Waals surface area contributed by atoms with E-state index in [0.717, 1.165) is 0 Å². The maximum Gasteiger partial charge on any atom is 0.357 e. The second-order valence-electron chi connectivity index (χ2n) is 5.78. The van der Waals surface area contributed by atoms with Crippen molar-refractivity contribution in [3.63, 3.8) is 0 Å². The van der Waals surface area contributed by atoms with Gasteiger partial charge in [0.1, 0.15) is 11.8 Å². The summed E-state index contributed by atoms with van der Waals surface area (Å²) in [5.41, 5.74) is 3.39. The first-order chi connectivity index (χ1) is 14.5. The highest BCUT2D eigenvalue weighted by atomic mass is 35.5. The van der Waals surface area contributed by atoms with Gasteiger partial charge in [0.05, 0.1) is 19.9 Å². The highest BCUT2D eigenvalue weighted by Gasteiger charge is 2.34. The lowest BCUT2D eigenvalue weighted by Crippen LogP contribution is -2.40. The maximum absolute atomic E-state index is 12.1. The standard InChI is InChI=1S/C18H17ClN6O5/c1-28-16-12(14(17(26)29-2)21-22-15(16)18(27)30-3)8-9-13-20-24-25(23-13)11-6-4-10(19)5-7-11/h4-9,16,21H,1-3H3/b9-8+. The number of aromatic nitrogens is 4. The van der Waals surface area contributed by atoms with Crippen molar-refractivity contribution in [1.82, 2.24) is 25.6 Å². The number of benzene rings is 1. The van der Waals surface area contributed by atoms with Crippen LogP contribution in [0.5, 0.6) is 0 Å². The molecule has 3 rings (SSSR count). The first-order valence-electron chi connectivity index (χ1n) is 8.49. The van der Waals surface area contributed by atoms with Gasteiger partial charge in [0.15, 0.2) is 11.5 Å². The molecule has 30 heavy (non-hydrogen) atoms. The lowest BCUT2D eigenvalue weighted by atomic mass is 10.0. The molecule has 0 aliphatic carbocycles. The van der Waals surface area contributed by atoms with Crippen LogP contribution in [0.15, 0.2) is 46.7 Å². The molecule has 0 saturated carbocycles. The van der Waals surface area contributed by atoms with Crippen LogP contribution in [0.3, 0.4) is 0 Å². The zero-order chi connectivity index (χ0) is 21.7. The summed E-state index contributed by atoms with van der Waals surface area (Å²) < 4.78 is 14.9. The lowest BCUT2D eigenvalue weighted by Gasteiger charge is -2.24. The average molecular weight is 433 g/mol. The van der Waals surface area contributed by atoms with Gasteiger partial charge < -0.3 is 14.2 Å². The van der Waals surface area contributed by atoms with E-state index >= 15 is 0 Å². The number of tetrazole rings is 1. The van der Waals surface area contributed by atoms with Gasteiger partial charge in [-0.2, -0.15) is 5.10 Å². The Kier molecular flexibility index (Phi) is 6.54. The fraction of sp³-hybridized carbons (Fsp3) is 0.222. The highest BCUT2D eigenvalue weighted by Crippen LogP contribution is 2.21. The fourth-order valence-corrected chi connectivity index (χ4v) is 2.72. The van der Waals surface area contributed by atoms with Gasteiger partial charge in [-0.3, -0.25) is 5.43 Å². The van der Waals surface area contributed by atoms with E-state index in [1.165, 1.54) is 38.3 Å². The maximum atomic E-state index is 12.1. The Morgan fingerprint density at radius 2 is 1.80 bits per heavy atom. The Bertz CT molecular complexity index is 1040. The van der Waals surface area contributed by atoms with E-state index < -0.39 is 18.0 Å². The molecule has 0 spiro atoms. The molecule has 1 aromatic carbocycles. The minimum Gasteiger partial charge on any atom is -0.464 e. The van der Waals surface area contributed by atoms with Gasteiger partial charge in [0.2, 0.25) is 0 Å². The fourth-order valence-electron chi connectivity index (χ4n) is 2.59. The van der Waals surface area contributed by atoms with Crippen molar-refractivity contribution in [2.45, 2.75) is 6.10 Å². The largest absolute Gasteiger partial charge is 0.464 e. The number of hydrogen-bond donors (Lipinski definition) is 1. The molecule has 2 aromatic rings. The molecule has 1 aliphatic rings. The van der Waals surface area contributed by atoms with Crippen molar-refractivity contribution in [2.24, 2.45) is 5.10 Å². The molecule has 1 N–H and O–H groups in total. The first kappa shape index (κ1) is 21.1. The smallest absolute Gasteiger partial charge is 0.357 e. The normalized spacial score (nSPS) is 16.3. The van der Waals surface area contributed by atoms with E-state index in [4.69, 9.17) is 25.8 Å². The number of hydrogen-bond acceptors (Lipinski definition) is 10. The number of nitrogens with zero attached hydrogens (tertiary/aromatic N) is 5. The molecule has 1 aromatic heterocycles. The van der Waals surface area contributed by atoms with Crippen LogP contribution in [0.4, 0.5) is 0 Å². The molecular weight excluding hydrogens is 416 g/mol. The number of carbonyl (C=O) groups excluding carboxylic acids is 2. The lowest BCUT2D eigenvalue weighted by molar-refractivity contribution is -0.137. The van der Waals surface area contributed by atoms with Crippen LogP contribution in [-0.2, 0) is 23.8 Å². The predicted molar refractivity (Wildman–Crippen MR) is 106 cm³/mol. The van der Waals surface area contributed by atoms with E-state index in [-0.39, 0.29) is 22.8 Å². The van der Waals surface area contributed by atoms with E-state index in [0.29, 0.717) is 10.7 Å². The molecule has 1 aliphatic heterocycles. The molecule has 12 heteroatoms. The Morgan fingerprint density at radius 3 is 2.43 bits per heavy atom. The summed E-state index contributed by atoms with van der Waals surface area (Å²) in [4.78, 5) is 25.5. The molecule has 0 fully saturated rings. The van der Waals surface area contributed by atoms with Crippen LogP contribution >= 0.6 is 11.6 Å². The zero-order valence-corrected chi connectivity index (χ0v) is 17.0. The van der Waals surface area contributed by atoms with E-state index in [9.17, 15) is 9.59 Å². The topological polar surface area (TPSA) is 130 Å². The van der Waals surface area contributed by atoms with Gasteiger partial charge >= 0.3 is 11.9 Å². The third-order valence-corrected chi connectivity index (χ3v) is 4.28. The van der Waals surface area contributed by atoms with Crippen LogP contribution in [0.1, 0.15) is 5.82 Å². The molecule has 0 amide bonds.